The highest BCUT2D eigenvalue weighted by Crippen LogP contribution is 2.43. The van der Waals surface area contributed by atoms with Gasteiger partial charge in [0, 0.05) is 24.1 Å². The van der Waals surface area contributed by atoms with Crippen LogP contribution in [0.2, 0.25) is 0 Å². The molecule has 2 aromatic heterocycles. The maximum Gasteiger partial charge on any atom is 0.431 e. The van der Waals surface area contributed by atoms with Crippen LogP contribution in [0.5, 0.6) is 0 Å². The molecule has 1 aliphatic carbocycles. The summed E-state index contributed by atoms with van der Waals surface area (Å²) in [6.45, 7) is 3.53. The topological polar surface area (TPSA) is 39.8 Å². The molecule has 0 amide bonds. The number of nitrogens with zero attached hydrogens (tertiary/aromatic N) is 3. The summed E-state index contributed by atoms with van der Waals surface area (Å²) in [5.74, 6) is 1.98. The smallest absolute Gasteiger partial charge is 0.323 e. The van der Waals surface area contributed by atoms with Gasteiger partial charge in [0.15, 0.2) is 0 Å². The molecule has 0 spiro atoms. The summed E-state index contributed by atoms with van der Waals surface area (Å²) in [4.78, 5) is 18.4. The number of imidazole rings is 1. The van der Waals surface area contributed by atoms with Crippen molar-refractivity contribution in [1.29, 1.82) is 0 Å². The lowest BCUT2D eigenvalue weighted by Crippen LogP contribution is -2.28. The van der Waals surface area contributed by atoms with Crippen LogP contribution >= 0.6 is 11.8 Å². The van der Waals surface area contributed by atoms with E-state index in [9.17, 15) is 18.0 Å². The van der Waals surface area contributed by atoms with Gasteiger partial charge >= 0.3 is 6.18 Å². The third kappa shape index (κ3) is 3.47. The second-order valence-electron chi connectivity index (χ2n) is 7.27. The second kappa shape index (κ2) is 7.23. The molecule has 3 aromatic rings. The number of aromatic nitrogens is 3. The predicted octanol–water partition coefficient (Wildman–Crippen LogP) is 5.43. The Morgan fingerprint density at radius 1 is 1.21 bits per heavy atom. The molecule has 29 heavy (non-hydrogen) atoms. The average molecular weight is 421 g/mol. The van der Waals surface area contributed by atoms with Gasteiger partial charge in [-0.25, -0.2) is 4.98 Å². The highest BCUT2D eigenvalue weighted by Gasteiger charge is 2.36. The second-order valence-corrected chi connectivity index (χ2v) is 8.57. The van der Waals surface area contributed by atoms with E-state index >= 15 is 0 Å². The summed E-state index contributed by atoms with van der Waals surface area (Å²) in [6.07, 6.45) is -2.23. The number of hydrogen-bond acceptors (Lipinski definition) is 3. The van der Waals surface area contributed by atoms with Gasteiger partial charge in [-0.3, -0.25) is 4.79 Å². The van der Waals surface area contributed by atoms with Gasteiger partial charge in [0.05, 0.1) is 5.52 Å². The van der Waals surface area contributed by atoms with E-state index in [0.717, 1.165) is 26.8 Å². The van der Waals surface area contributed by atoms with Crippen molar-refractivity contribution >= 4 is 22.8 Å². The van der Waals surface area contributed by atoms with Crippen molar-refractivity contribution in [2.24, 2.45) is 7.05 Å². The third-order valence-corrected chi connectivity index (χ3v) is 6.27. The van der Waals surface area contributed by atoms with E-state index in [-0.39, 0.29) is 17.6 Å². The lowest BCUT2D eigenvalue weighted by molar-refractivity contribution is -0.144. The standard InChI is InChI=1S/C21H22F3N3OS/c1-4-27-17(21(22,23)24)11-15-18(20(27)28)26(3)19(25-15)14-9-8-13(12-6-7-12)10-16(14)29-5-2/h8-12H,4-7H2,1-3H3. The number of thioether (sulfide) groups is 1. The first kappa shape index (κ1) is 20.1. The monoisotopic (exact) mass is 421 g/mol. The minimum Gasteiger partial charge on any atom is -0.323 e. The van der Waals surface area contributed by atoms with Crippen LogP contribution in [0.15, 0.2) is 34.0 Å². The van der Waals surface area contributed by atoms with Crippen molar-refractivity contribution < 1.29 is 13.2 Å². The summed E-state index contributed by atoms with van der Waals surface area (Å²) in [5.41, 5.74) is 0.760. The molecule has 2 heterocycles. The van der Waals surface area contributed by atoms with Gasteiger partial charge in [0.25, 0.3) is 5.56 Å². The summed E-state index contributed by atoms with van der Waals surface area (Å²) >= 11 is 1.68. The van der Waals surface area contributed by atoms with Crippen LogP contribution in [0.25, 0.3) is 22.4 Å². The molecule has 0 aliphatic heterocycles. The molecule has 8 heteroatoms. The minimum absolute atomic E-state index is 0.0584. The third-order valence-electron chi connectivity index (χ3n) is 5.34. The normalized spacial score (nSPS) is 14.7. The summed E-state index contributed by atoms with van der Waals surface area (Å²) in [6, 6.07) is 7.19. The Kier molecular flexibility index (Phi) is 5.01. The maximum atomic E-state index is 13.5. The van der Waals surface area contributed by atoms with E-state index in [1.54, 1.807) is 23.4 Å². The van der Waals surface area contributed by atoms with Crippen molar-refractivity contribution in [3.05, 3.63) is 45.9 Å². The first-order valence-electron chi connectivity index (χ1n) is 9.70. The van der Waals surface area contributed by atoms with E-state index in [4.69, 9.17) is 0 Å². The molecule has 1 aromatic carbocycles. The van der Waals surface area contributed by atoms with Gasteiger partial charge in [-0.05, 0) is 55.2 Å². The van der Waals surface area contributed by atoms with Crippen LogP contribution in [0, 0.1) is 0 Å². The van der Waals surface area contributed by atoms with Crippen LogP contribution in [-0.2, 0) is 19.8 Å². The van der Waals surface area contributed by atoms with Crippen molar-refractivity contribution in [3.63, 3.8) is 0 Å². The number of hydrogen-bond donors (Lipinski definition) is 0. The molecule has 0 saturated heterocycles. The molecule has 0 atom stereocenters. The number of fused-ring (bicyclic) bond motifs is 1. The molecule has 1 saturated carbocycles. The van der Waals surface area contributed by atoms with E-state index in [2.05, 4.69) is 24.0 Å². The highest BCUT2D eigenvalue weighted by atomic mass is 32.2. The first-order valence-corrected chi connectivity index (χ1v) is 10.7. The number of benzene rings is 1. The minimum atomic E-state index is -4.61. The molecule has 1 aliphatic rings. The van der Waals surface area contributed by atoms with E-state index in [1.165, 1.54) is 25.3 Å². The van der Waals surface area contributed by atoms with Crippen LogP contribution in [-0.4, -0.2) is 19.9 Å². The van der Waals surface area contributed by atoms with E-state index in [1.807, 2.05) is 6.07 Å². The van der Waals surface area contributed by atoms with Crippen molar-refractivity contribution in [2.75, 3.05) is 5.75 Å². The Morgan fingerprint density at radius 3 is 2.52 bits per heavy atom. The number of pyridine rings is 1. The zero-order valence-corrected chi connectivity index (χ0v) is 17.3. The molecule has 0 bridgehead atoms. The van der Waals surface area contributed by atoms with E-state index in [0.29, 0.717) is 11.7 Å². The van der Waals surface area contributed by atoms with Gasteiger partial charge in [-0.15, -0.1) is 11.8 Å². The fraction of sp³-hybridized carbons (Fsp3) is 0.429. The van der Waals surface area contributed by atoms with Gasteiger partial charge in [0.2, 0.25) is 0 Å². The molecule has 0 unspecified atom stereocenters. The Hall–Kier alpha value is -2.22. The number of aryl methyl sites for hydroxylation is 1. The number of halogens is 3. The summed E-state index contributed by atoms with van der Waals surface area (Å²) in [7, 11) is 1.69. The fourth-order valence-corrected chi connectivity index (χ4v) is 4.62. The molecular weight excluding hydrogens is 399 g/mol. The molecule has 4 nitrogen and oxygen atoms in total. The molecular formula is C21H22F3N3OS. The lowest BCUT2D eigenvalue weighted by atomic mass is 10.1. The van der Waals surface area contributed by atoms with Gasteiger partial charge in [-0.2, -0.15) is 13.2 Å². The zero-order chi connectivity index (χ0) is 20.9. The van der Waals surface area contributed by atoms with Crippen molar-refractivity contribution in [2.45, 2.75) is 50.2 Å². The Bertz CT molecular complexity index is 1140. The summed E-state index contributed by atoms with van der Waals surface area (Å²) in [5, 5.41) is 0. The van der Waals surface area contributed by atoms with Crippen LogP contribution in [0.1, 0.15) is 43.9 Å². The SMILES string of the molecule is CCSc1cc(C2CC2)ccc1-c1nc2cc(C(F)(F)F)n(CC)c(=O)c2n1C. The van der Waals surface area contributed by atoms with Crippen LogP contribution in [0.3, 0.4) is 0 Å². The largest absolute Gasteiger partial charge is 0.431 e. The Labute approximate surface area is 170 Å². The molecule has 154 valence electrons. The fourth-order valence-electron chi connectivity index (χ4n) is 3.78. The van der Waals surface area contributed by atoms with E-state index < -0.39 is 17.4 Å². The molecule has 0 radical (unpaired) electrons. The number of alkyl halides is 3. The number of rotatable bonds is 5. The Balaban J connectivity index is 1.95. The predicted molar refractivity (Wildman–Crippen MR) is 109 cm³/mol. The van der Waals surface area contributed by atoms with Crippen LogP contribution in [0.4, 0.5) is 13.2 Å². The zero-order valence-electron chi connectivity index (χ0n) is 16.5. The summed E-state index contributed by atoms with van der Waals surface area (Å²) < 4.78 is 42.8. The highest BCUT2D eigenvalue weighted by molar-refractivity contribution is 7.99. The van der Waals surface area contributed by atoms with Gasteiger partial charge in [-0.1, -0.05) is 13.0 Å². The quantitative estimate of drug-likeness (QED) is 0.516. The maximum absolute atomic E-state index is 13.5. The first-order chi connectivity index (χ1) is 13.8. The van der Waals surface area contributed by atoms with Gasteiger partial charge in [0.1, 0.15) is 17.0 Å². The van der Waals surface area contributed by atoms with Crippen molar-refractivity contribution in [1.82, 2.24) is 14.1 Å². The van der Waals surface area contributed by atoms with Gasteiger partial charge < -0.3 is 9.13 Å². The molecule has 1 fully saturated rings. The average Bonchev–Trinajstić information content (AvgIpc) is 3.45. The Morgan fingerprint density at radius 2 is 1.93 bits per heavy atom. The molecule has 0 N–H and O–H groups in total. The van der Waals surface area contributed by atoms with Crippen molar-refractivity contribution in [3.8, 4) is 11.4 Å². The lowest BCUT2D eigenvalue weighted by Gasteiger charge is -2.14. The van der Waals surface area contributed by atoms with Crippen LogP contribution < -0.4 is 5.56 Å². The molecule has 4 rings (SSSR count).